The van der Waals surface area contributed by atoms with Gasteiger partial charge in [0.05, 0.1) is 29.8 Å². The van der Waals surface area contributed by atoms with Crippen LogP contribution in [0.1, 0.15) is 11.4 Å². The van der Waals surface area contributed by atoms with Gasteiger partial charge >= 0.3 is 17.8 Å². The Morgan fingerprint density at radius 1 is 1.24 bits per heavy atom. The summed E-state index contributed by atoms with van der Waals surface area (Å²) >= 11 is 1.13. The van der Waals surface area contributed by atoms with Crippen LogP contribution in [0.4, 0.5) is 13.2 Å². The van der Waals surface area contributed by atoms with E-state index in [9.17, 15) is 27.6 Å². The Hall–Kier alpha value is -2.99. The van der Waals surface area contributed by atoms with Crippen LogP contribution in [0.15, 0.2) is 33.9 Å². The Labute approximate surface area is 164 Å². The third kappa shape index (κ3) is 4.07. The molecule has 0 saturated heterocycles. The van der Waals surface area contributed by atoms with Gasteiger partial charge in [-0.15, -0.1) is 0 Å². The second kappa shape index (κ2) is 7.79. The van der Waals surface area contributed by atoms with E-state index in [0.717, 1.165) is 18.6 Å². The van der Waals surface area contributed by atoms with Gasteiger partial charge < -0.3 is 9.47 Å². The number of rotatable bonds is 5. The zero-order valence-corrected chi connectivity index (χ0v) is 16.0. The fourth-order valence-electron chi connectivity index (χ4n) is 2.65. The highest BCUT2D eigenvalue weighted by Crippen LogP contribution is 2.28. The minimum absolute atomic E-state index is 0.0293. The molecule has 0 N–H and O–H groups in total. The summed E-state index contributed by atoms with van der Waals surface area (Å²) in [4.78, 5) is 35.8. The number of hydrogen-bond donors (Lipinski definition) is 0. The van der Waals surface area contributed by atoms with E-state index in [4.69, 9.17) is 4.74 Å². The van der Waals surface area contributed by atoms with Gasteiger partial charge in [-0.3, -0.25) is 9.36 Å². The topological polar surface area (TPSA) is 92.4 Å². The summed E-state index contributed by atoms with van der Waals surface area (Å²) in [5.74, 6) is -0.565. The normalized spacial score (nSPS) is 11.8. The fraction of sp³-hybridized carbons (Fsp3) is 0.294. The molecule has 0 amide bonds. The van der Waals surface area contributed by atoms with Crippen molar-refractivity contribution in [3.63, 3.8) is 0 Å². The minimum Gasteiger partial charge on any atom is -0.467 e. The number of nitrogens with zero attached hydrogens (tertiary/aromatic N) is 3. The Morgan fingerprint density at radius 2 is 1.97 bits per heavy atom. The summed E-state index contributed by atoms with van der Waals surface area (Å²) in [5, 5.41) is 0.547. The number of carbonyl (C=O) groups is 1. The van der Waals surface area contributed by atoms with Crippen LogP contribution in [-0.4, -0.2) is 33.2 Å². The van der Waals surface area contributed by atoms with E-state index in [0.29, 0.717) is 31.0 Å². The number of benzene rings is 1. The Balaban J connectivity index is 2.04. The first-order valence-electron chi connectivity index (χ1n) is 8.07. The molecule has 0 fully saturated rings. The minimum atomic E-state index is -4.84. The van der Waals surface area contributed by atoms with Crippen molar-refractivity contribution in [1.82, 2.24) is 13.5 Å². The van der Waals surface area contributed by atoms with Gasteiger partial charge in [0.15, 0.2) is 0 Å². The standard InChI is InChI=1S/C17H14F3N3O5S/c1-22-13(17(18,19)20)6-14(24)23(16(22)26)9-3-4-12-10(5-9)11(21-29-12)7-28-8-15(25)27-2/h3-6H,7-8H2,1-2H3. The highest BCUT2D eigenvalue weighted by Gasteiger charge is 2.35. The van der Waals surface area contributed by atoms with Crippen molar-refractivity contribution in [3.8, 4) is 5.69 Å². The molecule has 3 aromatic rings. The predicted octanol–water partition coefficient (Wildman–Crippen LogP) is 1.85. The van der Waals surface area contributed by atoms with Crippen LogP contribution in [0, 0.1) is 0 Å². The van der Waals surface area contributed by atoms with Crippen LogP contribution < -0.4 is 11.2 Å². The average Bonchev–Trinajstić information content (AvgIpc) is 3.06. The lowest BCUT2D eigenvalue weighted by Crippen LogP contribution is -2.40. The average molecular weight is 429 g/mol. The number of methoxy groups -OCH3 is 1. The molecule has 0 atom stereocenters. The second-order valence-electron chi connectivity index (χ2n) is 5.92. The highest BCUT2D eigenvalue weighted by molar-refractivity contribution is 7.13. The van der Waals surface area contributed by atoms with Gasteiger partial charge in [-0.1, -0.05) is 0 Å². The lowest BCUT2D eigenvalue weighted by molar-refractivity contribution is -0.146. The molecule has 29 heavy (non-hydrogen) atoms. The SMILES string of the molecule is COC(=O)COCc1nsc2ccc(-n3c(=O)cc(C(F)(F)F)n(C)c3=O)cc12. The first kappa shape index (κ1) is 20.7. The monoisotopic (exact) mass is 429 g/mol. The molecular formula is C17H14F3N3O5S. The second-order valence-corrected chi connectivity index (χ2v) is 6.73. The smallest absolute Gasteiger partial charge is 0.431 e. The Kier molecular flexibility index (Phi) is 5.57. The Morgan fingerprint density at radius 3 is 2.62 bits per heavy atom. The van der Waals surface area contributed by atoms with Gasteiger partial charge in [0, 0.05) is 18.5 Å². The van der Waals surface area contributed by atoms with E-state index in [2.05, 4.69) is 9.11 Å². The van der Waals surface area contributed by atoms with Crippen LogP contribution in [0.25, 0.3) is 15.8 Å². The maximum atomic E-state index is 13.0. The predicted molar refractivity (Wildman–Crippen MR) is 97.1 cm³/mol. The molecule has 12 heteroatoms. The Bertz CT molecular complexity index is 1200. The molecule has 0 bridgehead atoms. The molecule has 2 aromatic heterocycles. The summed E-state index contributed by atoms with van der Waals surface area (Å²) in [6.45, 7) is -0.313. The van der Waals surface area contributed by atoms with Gasteiger partial charge in [0.1, 0.15) is 12.3 Å². The summed E-state index contributed by atoms with van der Waals surface area (Å²) in [6, 6.07) is 4.87. The third-order valence-corrected chi connectivity index (χ3v) is 4.95. The lowest BCUT2D eigenvalue weighted by atomic mass is 10.2. The van der Waals surface area contributed by atoms with Crippen molar-refractivity contribution >= 4 is 27.6 Å². The molecule has 0 spiro atoms. The van der Waals surface area contributed by atoms with Crippen LogP contribution in [0.5, 0.6) is 0 Å². The number of alkyl halides is 3. The van der Waals surface area contributed by atoms with E-state index < -0.39 is 29.1 Å². The number of carbonyl (C=O) groups excluding carboxylic acids is 1. The van der Waals surface area contributed by atoms with Crippen LogP contribution in [-0.2, 0) is 34.1 Å². The van der Waals surface area contributed by atoms with Crippen molar-refractivity contribution in [2.75, 3.05) is 13.7 Å². The maximum absolute atomic E-state index is 13.0. The number of ether oxygens (including phenoxy) is 2. The van der Waals surface area contributed by atoms with Gasteiger partial charge in [0.2, 0.25) is 0 Å². The van der Waals surface area contributed by atoms with Crippen molar-refractivity contribution in [2.24, 2.45) is 7.05 Å². The molecule has 0 saturated carbocycles. The molecule has 8 nitrogen and oxygen atoms in total. The van der Waals surface area contributed by atoms with Gasteiger partial charge in [-0.05, 0) is 29.7 Å². The lowest BCUT2D eigenvalue weighted by Gasteiger charge is -2.14. The van der Waals surface area contributed by atoms with Crippen molar-refractivity contribution < 1.29 is 27.4 Å². The number of esters is 1. The fourth-order valence-corrected chi connectivity index (χ4v) is 3.41. The first-order chi connectivity index (χ1) is 13.6. The van der Waals surface area contributed by atoms with E-state index in [-0.39, 0.29) is 18.9 Å². The van der Waals surface area contributed by atoms with Gasteiger partial charge in [0.25, 0.3) is 5.56 Å². The zero-order valence-electron chi connectivity index (χ0n) is 15.1. The largest absolute Gasteiger partial charge is 0.467 e. The van der Waals surface area contributed by atoms with Crippen LogP contribution in [0.2, 0.25) is 0 Å². The van der Waals surface area contributed by atoms with E-state index in [1.54, 1.807) is 6.07 Å². The summed E-state index contributed by atoms with van der Waals surface area (Å²) in [6.07, 6.45) is -4.84. The van der Waals surface area contributed by atoms with Gasteiger partial charge in [-0.25, -0.2) is 14.2 Å². The molecule has 0 aliphatic rings. The molecule has 2 heterocycles. The molecule has 0 unspecified atom stereocenters. The molecular weight excluding hydrogens is 415 g/mol. The molecule has 0 aliphatic heterocycles. The van der Waals surface area contributed by atoms with E-state index >= 15 is 0 Å². The molecule has 154 valence electrons. The highest BCUT2D eigenvalue weighted by atomic mass is 32.1. The van der Waals surface area contributed by atoms with E-state index in [1.807, 2.05) is 0 Å². The number of halogens is 3. The maximum Gasteiger partial charge on any atom is 0.431 e. The van der Waals surface area contributed by atoms with Crippen molar-refractivity contribution in [2.45, 2.75) is 12.8 Å². The number of fused-ring (bicyclic) bond motifs is 1. The van der Waals surface area contributed by atoms with Crippen LogP contribution in [0.3, 0.4) is 0 Å². The number of aromatic nitrogens is 3. The number of hydrogen-bond acceptors (Lipinski definition) is 7. The summed E-state index contributed by atoms with van der Waals surface area (Å²) < 4.78 is 54.6. The van der Waals surface area contributed by atoms with Crippen molar-refractivity contribution in [3.05, 3.63) is 56.5 Å². The first-order valence-corrected chi connectivity index (χ1v) is 8.84. The van der Waals surface area contributed by atoms with E-state index in [1.165, 1.54) is 19.2 Å². The summed E-state index contributed by atoms with van der Waals surface area (Å²) in [5.41, 5.74) is -3.03. The zero-order chi connectivity index (χ0) is 21.3. The molecule has 0 aliphatic carbocycles. The summed E-state index contributed by atoms with van der Waals surface area (Å²) in [7, 11) is 2.16. The quantitative estimate of drug-likeness (QED) is 0.575. The van der Waals surface area contributed by atoms with Gasteiger partial charge in [-0.2, -0.15) is 17.5 Å². The van der Waals surface area contributed by atoms with Crippen LogP contribution >= 0.6 is 11.5 Å². The third-order valence-electron chi connectivity index (χ3n) is 4.08. The van der Waals surface area contributed by atoms with Crippen molar-refractivity contribution in [1.29, 1.82) is 0 Å². The molecule has 3 rings (SSSR count). The molecule has 1 aromatic carbocycles. The molecule has 0 radical (unpaired) electrons.